The molecule has 1 aliphatic rings. The molecule has 3 aromatic carbocycles. The van der Waals surface area contributed by atoms with E-state index in [9.17, 15) is 14.4 Å². The molecule has 1 aromatic heterocycles. The number of esters is 1. The van der Waals surface area contributed by atoms with E-state index in [1.54, 1.807) is 31.4 Å². The first-order chi connectivity index (χ1) is 18.0. The van der Waals surface area contributed by atoms with Crippen molar-refractivity contribution in [3.63, 3.8) is 0 Å². The second-order valence-electron chi connectivity index (χ2n) is 8.50. The number of methoxy groups -OCH3 is 1. The lowest BCUT2D eigenvalue weighted by Gasteiger charge is -2.22. The Labute approximate surface area is 212 Å². The van der Waals surface area contributed by atoms with Gasteiger partial charge in [-0.2, -0.15) is 5.10 Å². The smallest absolute Gasteiger partial charge is 0.326 e. The fraction of sp³-hybridized carbons (Fsp3) is 0.179. The van der Waals surface area contributed by atoms with Crippen molar-refractivity contribution in [2.24, 2.45) is 5.10 Å². The van der Waals surface area contributed by atoms with Gasteiger partial charge in [-0.25, -0.2) is 9.99 Å². The number of benzene rings is 3. The zero-order chi connectivity index (χ0) is 25.8. The van der Waals surface area contributed by atoms with Crippen molar-refractivity contribution in [3.05, 3.63) is 107 Å². The molecule has 0 saturated heterocycles. The lowest BCUT2D eigenvalue weighted by Crippen LogP contribution is -2.32. The summed E-state index contributed by atoms with van der Waals surface area (Å²) in [6.45, 7) is -0.864. The molecule has 9 heteroatoms. The molecule has 0 saturated carbocycles. The van der Waals surface area contributed by atoms with E-state index >= 15 is 0 Å². The number of hydrogen-bond acceptors (Lipinski definition) is 7. The van der Waals surface area contributed by atoms with E-state index in [-0.39, 0.29) is 18.1 Å². The van der Waals surface area contributed by atoms with Gasteiger partial charge in [0.25, 0.3) is 11.5 Å². The average Bonchev–Trinajstić information content (AvgIpc) is 3.40. The normalized spacial score (nSPS) is 14.9. The van der Waals surface area contributed by atoms with Crippen LogP contribution in [0, 0.1) is 0 Å². The van der Waals surface area contributed by atoms with Crippen LogP contribution in [0.5, 0.6) is 5.75 Å². The molecule has 0 bridgehead atoms. The number of fused-ring (bicyclic) bond motifs is 1. The van der Waals surface area contributed by atoms with E-state index in [0.717, 1.165) is 21.4 Å². The monoisotopic (exact) mass is 496 g/mol. The Hall–Kier alpha value is -4.79. The van der Waals surface area contributed by atoms with Crippen LogP contribution in [-0.2, 0) is 20.9 Å². The maximum absolute atomic E-state index is 13.2. The number of para-hydroxylation sites is 1. The summed E-state index contributed by atoms with van der Waals surface area (Å²) in [4.78, 5) is 42.5. The predicted octanol–water partition coefficient (Wildman–Crippen LogP) is 3.33. The van der Waals surface area contributed by atoms with Crippen molar-refractivity contribution >= 4 is 28.5 Å². The quantitative estimate of drug-likeness (QED) is 0.364. The molecule has 1 amide bonds. The maximum atomic E-state index is 13.2. The van der Waals surface area contributed by atoms with Crippen LogP contribution in [0.25, 0.3) is 10.9 Å². The van der Waals surface area contributed by atoms with E-state index in [4.69, 9.17) is 9.47 Å². The third-order valence-electron chi connectivity index (χ3n) is 6.16. The number of nitrogens with zero attached hydrogens (tertiary/aromatic N) is 4. The van der Waals surface area contributed by atoms with Crippen LogP contribution < -0.4 is 10.3 Å². The van der Waals surface area contributed by atoms with Crippen molar-refractivity contribution in [1.29, 1.82) is 0 Å². The van der Waals surface area contributed by atoms with Gasteiger partial charge in [-0.1, -0.05) is 54.6 Å². The summed E-state index contributed by atoms with van der Waals surface area (Å²) in [6.07, 6.45) is 1.80. The number of rotatable bonds is 7. The molecule has 0 spiro atoms. The third-order valence-corrected chi connectivity index (χ3v) is 6.16. The summed E-state index contributed by atoms with van der Waals surface area (Å²) in [5.41, 5.74) is 2.73. The molecule has 9 nitrogen and oxygen atoms in total. The number of hydrazone groups is 1. The van der Waals surface area contributed by atoms with Gasteiger partial charge < -0.3 is 9.47 Å². The molecule has 37 heavy (non-hydrogen) atoms. The van der Waals surface area contributed by atoms with Crippen LogP contribution in [0.4, 0.5) is 0 Å². The SMILES string of the molecule is COc1ccc(C2CC(c3ccccc3)=NN2C(=O)COC(=O)Cn2cnc3ccccc3c2=O)cc1. The van der Waals surface area contributed by atoms with Crippen molar-refractivity contribution in [2.75, 3.05) is 13.7 Å². The Morgan fingerprint density at radius 2 is 1.70 bits per heavy atom. The summed E-state index contributed by atoms with van der Waals surface area (Å²) in [5.74, 6) is -0.486. The standard InChI is InChI=1S/C28H24N4O5/c1-36-21-13-11-20(12-14-21)25-15-24(19-7-3-2-4-8-19)30-32(25)26(33)17-37-27(34)16-31-18-29-23-10-6-5-9-22(23)28(31)35/h2-14,18,25H,15-17H2,1H3. The number of hydrogen-bond donors (Lipinski definition) is 0. The molecule has 0 fully saturated rings. The van der Waals surface area contributed by atoms with E-state index in [2.05, 4.69) is 10.1 Å². The first-order valence-corrected chi connectivity index (χ1v) is 11.7. The Morgan fingerprint density at radius 3 is 2.46 bits per heavy atom. The molecule has 0 aliphatic carbocycles. The van der Waals surface area contributed by atoms with Gasteiger partial charge in [-0.15, -0.1) is 0 Å². The second kappa shape index (κ2) is 10.4. The zero-order valence-electron chi connectivity index (χ0n) is 20.1. The van der Waals surface area contributed by atoms with Crippen LogP contribution in [0.2, 0.25) is 0 Å². The summed E-state index contributed by atoms with van der Waals surface area (Å²) in [6, 6.07) is 23.6. The first kappa shape index (κ1) is 23.9. The van der Waals surface area contributed by atoms with Crippen molar-refractivity contribution in [3.8, 4) is 5.75 Å². The molecular formula is C28H24N4O5. The van der Waals surface area contributed by atoms with Crippen LogP contribution in [-0.4, -0.2) is 45.9 Å². The molecule has 4 aromatic rings. The Bertz CT molecular complexity index is 1530. The van der Waals surface area contributed by atoms with Gasteiger partial charge >= 0.3 is 5.97 Å². The largest absolute Gasteiger partial charge is 0.497 e. The Balaban J connectivity index is 1.31. The Morgan fingerprint density at radius 1 is 0.973 bits per heavy atom. The molecule has 1 aliphatic heterocycles. The Kier molecular flexibility index (Phi) is 6.76. The second-order valence-corrected chi connectivity index (χ2v) is 8.50. The van der Waals surface area contributed by atoms with Gasteiger partial charge in [0.05, 0.1) is 36.1 Å². The summed E-state index contributed by atoms with van der Waals surface area (Å²) >= 11 is 0. The minimum atomic E-state index is -0.722. The maximum Gasteiger partial charge on any atom is 0.326 e. The van der Waals surface area contributed by atoms with Gasteiger partial charge in [0.1, 0.15) is 12.3 Å². The van der Waals surface area contributed by atoms with Crippen LogP contribution in [0.15, 0.2) is 95.1 Å². The summed E-state index contributed by atoms with van der Waals surface area (Å²) < 4.78 is 11.7. The highest BCUT2D eigenvalue weighted by Crippen LogP contribution is 2.33. The highest BCUT2D eigenvalue weighted by atomic mass is 16.5. The van der Waals surface area contributed by atoms with Crippen molar-refractivity contribution < 1.29 is 19.1 Å². The topological polar surface area (TPSA) is 103 Å². The molecule has 2 heterocycles. The average molecular weight is 497 g/mol. The number of carbonyl (C=O) groups is 2. The van der Waals surface area contributed by atoms with Gasteiger partial charge in [-0.05, 0) is 35.4 Å². The van der Waals surface area contributed by atoms with Crippen molar-refractivity contribution in [2.45, 2.75) is 19.0 Å². The lowest BCUT2D eigenvalue weighted by atomic mass is 9.98. The molecule has 0 N–H and O–H groups in total. The fourth-order valence-electron chi connectivity index (χ4n) is 4.24. The molecule has 5 rings (SSSR count). The number of aromatic nitrogens is 2. The first-order valence-electron chi connectivity index (χ1n) is 11.7. The molecular weight excluding hydrogens is 472 g/mol. The number of amides is 1. The summed E-state index contributed by atoms with van der Waals surface area (Å²) in [5, 5.41) is 6.34. The predicted molar refractivity (Wildman–Crippen MR) is 137 cm³/mol. The van der Waals surface area contributed by atoms with Crippen LogP contribution in [0.3, 0.4) is 0 Å². The number of carbonyl (C=O) groups excluding carboxylic acids is 2. The van der Waals surface area contributed by atoms with Crippen molar-refractivity contribution in [1.82, 2.24) is 14.6 Å². The lowest BCUT2D eigenvalue weighted by molar-refractivity contribution is -0.153. The molecule has 1 unspecified atom stereocenters. The van der Waals surface area contributed by atoms with Crippen LogP contribution >= 0.6 is 0 Å². The van der Waals surface area contributed by atoms with Gasteiger partial charge in [-0.3, -0.25) is 19.0 Å². The van der Waals surface area contributed by atoms with E-state index in [1.165, 1.54) is 11.3 Å². The van der Waals surface area contributed by atoms with Gasteiger partial charge in [0.2, 0.25) is 0 Å². The summed E-state index contributed by atoms with van der Waals surface area (Å²) in [7, 11) is 1.59. The highest BCUT2D eigenvalue weighted by molar-refractivity contribution is 6.03. The third kappa shape index (κ3) is 5.11. The van der Waals surface area contributed by atoms with E-state index in [1.807, 2.05) is 54.6 Å². The van der Waals surface area contributed by atoms with Crippen LogP contribution in [0.1, 0.15) is 23.6 Å². The molecule has 0 radical (unpaired) electrons. The van der Waals surface area contributed by atoms with Gasteiger partial charge in [0, 0.05) is 6.42 Å². The van der Waals surface area contributed by atoms with E-state index in [0.29, 0.717) is 23.1 Å². The van der Waals surface area contributed by atoms with Gasteiger partial charge in [0.15, 0.2) is 6.61 Å². The molecule has 186 valence electrons. The zero-order valence-corrected chi connectivity index (χ0v) is 20.1. The molecule has 1 atom stereocenters. The highest BCUT2D eigenvalue weighted by Gasteiger charge is 2.33. The minimum Gasteiger partial charge on any atom is -0.497 e. The number of ether oxygens (including phenoxy) is 2. The fourth-order valence-corrected chi connectivity index (χ4v) is 4.24. The van der Waals surface area contributed by atoms with E-state index < -0.39 is 18.5 Å². The minimum absolute atomic E-state index is 0.356.